The Morgan fingerprint density at radius 1 is 1.19 bits per heavy atom. The average molecular weight is 389 g/mol. The Hall–Kier alpha value is -2.66. The maximum atomic E-state index is 12.5. The number of carbonyl (C=O) groups excluding carboxylic acids is 1. The van der Waals surface area contributed by atoms with E-state index in [9.17, 15) is 26.4 Å². The van der Waals surface area contributed by atoms with Crippen molar-refractivity contribution in [2.24, 2.45) is 0 Å². The minimum Gasteiger partial charge on any atom is -0.465 e. The number of aromatic nitrogens is 1. The normalized spacial score (nSPS) is 11.9. The Morgan fingerprint density at radius 3 is 2.42 bits per heavy atom. The SMILES string of the molecule is COC(=O)c1ccc(C)c(S(=O)(=O)NNc2ccc(C(F)(F)F)cn2)c1. The summed E-state index contributed by atoms with van der Waals surface area (Å²) in [5.41, 5.74) is 1.64. The molecule has 1 aromatic carbocycles. The van der Waals surface area contributed by atoms with E-state index in [2.05, 4.69) is 15.1 Å². The molecule has 1 heterocycles. The molecule has 2 rings (SSSR count). The van der Waals surface area contributed by atoms with Gasteiger partial charge in [0.1, 0.15) is 5.82 Å². The van der Waals surface area contributed by atoms with E-state index >= 15 is 0 Å². The summed E-state index contributed by atoms with van der Waals surface area (Å²) >= 11 is 0. The van der Waals surface area contributed by atoms with Crippen molar-refractivity contribution in [1.82, 2.24) is 9.82 Å². The van der Waals surface area contributed by atoms with Crippen molar-refractivity contribution in [1.29, 1.82) is 0 Å². The van der Waals surface area contributed by atoms with Crippen LogP contribution >= 0.6 is 0 Å². The smallest absolute Gasteiger partial charge is 0.417 e. The van der Waals surface area contributed by atoms with Gasteiger partial charge in [0.25, 0.3) is 10.0 Å². The van der Waals surface area contributed by atoms with Crippen LogP contribution in [-0.4, -0.2) is 26.5 Å². The maximum absolute atomic E-state index is 12.5. The molecule has 0 radical (unpaired) electrons. The second kappa shape index (κ2) is 7.30. The highest BCUT2D eigenvalue weighted by Gasteiger charge is 2.30. The van der Waals surface area contributed by atoms with Gasteiger partial charge in [0.15, 0.2) is 0 Å². The van der Waals surface area contributed by atoms with Crippen molar-refractivity contribution in [2.45, 2.75) is 18.0 Å². The minimum absolute atomic E-state index is 0.0335. The van der Waals surface area contributed by atoms with Crippen LogP contribution in [0.25, 0.3) is 0 Å². The molecular weight excluding hydrogens is 375 g/mol. The molecule has 1 aromatic heterocycles. The molecule has 26 heavy (non-hydrogen) atoms. The number of anilines is 1. The molecule has 0 atom stereocenters. The van der Waals surface area contributed by atoms with Gasteiger partial charge >= 0.3 is 12.1 Å². The van der Waals surface area contributed by atoms with E-state index in [1.54, 1.807) is 0 Å². The lowest BCUT2D eigenvalue weighted by Gasteiger charge is -2.12. The number of carbonyl (C=O) groups is 1. The summed E-state index contributed by atoms with van der Waals surface area (Å²) in [6.45, 7) is 1.52. The number of hydrogen-bond acceptors (Lipinski definition) is 6. The van der Waals surface area contributed by atoms with Crippen LogP contribution in [0.3, 0.4) is 0 Å². The number of methoxy groups -OCH3 is 1. The fraction of sp³-hybridized carbons (Fsp3) is 0.200. The summed E-state index contributed by atoms with van der Waals surface area (Å²) in [6, 6.07) is 5.70. The molecule has 0 aliphatic rings. The zero-order valence-corrected chi connectivity index (χ0v) is 14.4. The molecular formula is C15H14F3N3O4S. The number of esters is 1. The number of hydrogen-bond donors (Lipinski definition) is 2. The summed E-state index contributed by atoms with van der Waals surface area (Å²) in [4.78, 5) is 16.8. The lowest BCUT2D eigenvalue weighted by molar-refractivity contribution is -0.137. The molecule has 0 bridgehead atoms. The summed E-state index contributed by atoms with van der Waals surface area (Å²) < 4.78 is 66.8. The van der Waals surface area contributed by atoms with Crippen molar-refractivity contribution in [2.75, 3.05) is 12.5 Å². The predicted molar refractivity (Wildman–Crippen MR) is 85.7 cm³/mol. The monoisotopic (exact) mass is 389 g/mol. The Bertz CT molecular complexity index is 913. The van der Waals surface area contributed by atoms with Crippen molar-refractivity contribution < 1.29 is 31.1 Å². The molecule has 140 valence electrons. The van der Waals surface area contributed by atoms with Crippen LogP contribution in [0.15, 0.2) is 41.4 Å². The third-order valence-electron chi connectivity index (χ3n) is 3.30. The predicted octanol–water partition coefficient (Wildman–Crippen LogP) is 2.50. The topological polar surface area (TPSA) is 97.4 Å². The maximum Gasteiger partial charge on any atom is 0.417 e. The van der Waals surface area contributed by atoms with Gasteiger partial charge in [-0.2, -0.15) is 13.2 Å². The minimum atomic E-state index is -4.55. The van der Waals surface area contributed by atoms with Gasteiger partial charge in [0.2, 0.25) is 0 Å². The molecule has 0 aliphatic heterocycles. The van der Waals surface area contributed by atoms with Crippen LogP contribution in [0.4, 0.5) is 19.0 Å². The van der Waals surface area contributed by atoms with E-state index in [0.29, 0.717) is 11.8 Å². The van der Waals surface area contributed by atoms with Crippen LogP contribution in [0.5, 0.6) is 0 Å². The highest BCUT2D eigenvalue weighted by molar-refractivity contribution is 7.89. The third kappa shape index (κ3) is 4.49. The second-order valence-corrected chi connectivity index (χ2v) is 6.78. The molecule has 2 N–H and O–H groups in total. The zero-order valence-electron chi connectivity index (χ0n) is 13.6. The number of ether oxygens (including phenoxy) is 1. The molecule has 0 fully saturated rings. The number of sulfonamides is 1. The first-order valence-corrected chi connectivity index (χ1v) is 8.53. The van der Waals surface area contributed by atoms with Crippen LogP contribution in [0.2, 0.25) is 0 Å². The Labute approximate surface area is 147 Å². The van der Waals surface area contributed by atoms with Crippen LogP contribution in [0.1, 0.15) is 21.5 Å². The zero-order chi connectivity index (χ0) is 19.5. The van der Waals surface area contributed by atoms with Gasteiger partial charge < -0.3 is 4.74 Å². The molecule has 0 spiro atoms. The molecule has 0 saturated carbocycles. The number of hydrazine groups is 1. The molecule has 0 amide bonds. The Morgan fingerprint density at radius 2 is 1.88 bits per heavy atom. The number of aryl methyl sites for hydroxylation is 1. The van der Waals surface area contributed by atoms with E-state index in [-0.39, 0.29) is 16.3 Å². The first-order valence-electron chi connectivity index (χ1n) is 7.04. The van der Waals surface area contributed by atoms with E-state index in [1.165, 1.54) is 19.1 Å². The van der Waals surface area contributed by atoms with E-state index in [0.717, 1.165) is 25.3 Å². The van der Waals surface area contributed by atoms with E-state index < -0.39 is 27.7 Å². The highest BCUT2D eigenvalue weighted by Crippen LogP contribution is 2.28. The van der Waals surface area contributed by atoms with Gasteiger partial charge in [-0.25, -0.2) is 18.2 Å². The largest absolute Gasteiger partial charge is 0.465 e. The van der Waals surface area contributed by atoms with Gasteiger partial charge in [-0.05, 0) is 36.8 Å². The molecule has 2 aromatic rings. The third-order valence-corrected chi connectivity index (χ3v) is 4.69. The number of nitrogens with zero attached hydrogens (tertiary/aromatic N) is 1. The Balaban J connectivity index is 2.20. The van der Waals surface area contributed by atoms with Crippen molar-refractivity contribution >= 4 is 21.8 Å². The summed E-state index contributed by atoms with van der Waals surface area (Å²) in [5.74, 6) is -0.845. The van der Waals surface area contributed by atoms with E-state index in [4.69, 9.17) is 0 Å². The fourth-order valence-electron chi connectivity index (χ4n) is 1.94. The number of rotatable bonds is 5. The average Bonchev–Trinajstić information content (AvgIpc) is 2.59. The standard InChI is InChI=1S/C15H14F3N3O4S/c1-9-3-4-10(14(22)25-2)7-12(9)26(23,24)21-20-13-6-5-11(8-19-13)15(16,17)18/h3-8,21H,1-2H3,(H,19,20). The van der Waals surface area contributed by atoms with Gasteiger partial charge in [0, 0.05) is 6.20 Å². The number of benzene rings is 1. The van der Waals surface area contributed by atoms with Crippen molar-refractivity contribution in [3.63, 3.8) is 0 Å². The number of pyridine rings is 1. The summed E-state index contributed by atoms with van der Waals surface area (Å²) in [5, 5.41) is 0. The molecule has 0 saturated heterocycles. The van der Waals surface area contributed by atoms with Crippen LogP contribution < -0.4 is 10.3 Å². The summed E-state index contributed by atoms with van der Waals surface area (Å²) in [7, 11) is -2.96. The first-order chi connectivity index (χ1) is 12.0. The van der Waals surface area contributed by atoms with Gasteiger partial charge in [-0.1, -0.05) is 6.07 Å². The number of halogens is 3. The molecule has 0 aliphatic carbocycles. The highest BCUT2D eigenvalue weighted by atomic mass is 32.2. The van der Waals surface area contributed by atoms with Crippen molar-refractivity contribution in [3.05, 3.63) is 53.2 Å². The van der Waals surface area contributed by atoms with Gasteiger partial charge in [-0.15, -0.1) is 4.83 Å². The number of alkyl halides is 3. The van der Waals surface area contributed by atoms with E-state index in [1.807, 2.05) is 4.83 Å². The lowest BCUT2D eigenvalue weighted by Crippen LogP contribution is -2.30. The fourth-order valence-corrected chi connectivity index (χ4v) is 3.07. The molecule has 7 nitrogen and oxygen atoms in total. The number of nitrogens with one attached hydrogen (secondary N) is 2. The Kier molecular flexibility index (Phi) is 5.52. The van der Waals surface area contributed by atoms with Crippen LogP contribution in [0, 0.1) is 6.92 Å². The first kappa shape index (κ1) is 19.7. The quantitative estimate of drug-likeness (QED) is 0.602. The second-order valence-electron chi connectivity index (χ2n) is 5.13. The van der Waals surface area contributed by atoms with Gasteiger partial charge in [-0.3, -0.25) is 5.43 Å². The van der Waals surface area contributed by atoms with Crippen molar-refractivity contribution in [3.8, 4) is 0 Å². The van der Waals surface area contributed by atoms with Crippen LogP contribution in [-0.2, 0) is 20.9 Å². The van der Waals surface area contributed by atoms with Gasteiger partial charge in [0.05, 0.1) is 23.1 Å². The summed E-state index contributed by atoms with van der Waals surface area (Å²) in [6.07, 6.45) is -3.98. The molecule has 0 unspecified atom stereocenters. The lowest BCUT2D eigenvalue weighted by atomic mass is 10.1. The molecule has 11 heteroatoms.